The smallest absolute Gasteiger partial charge is 0.224 e. The number of ether oxygens (including phenoxy) is 1. The number of aliphatic imine (C=N–C) groups is 1. The second kappa shape index (κ2) is 11.8. The Balaban J connectivity index is 1.43. The Morgan fingerprint density at radius 1 is 1.03 bits per heavy atom. The van der Waals surface area contributed by atoms with Crippen LogP contribution in [0.15, 0.2) is 59.6 Å². The number of amides is 1. The van der Waals surface area contributed by atoms with Gasteiger partial charge >= 0.3 is 0 Å². The number of nitrogens with one attached hydrogen (secondary N) is 2. The molecule has 2 aromatic rings. The van der Waals surface area contributed by atoms with Crippen molar-refractivity contribution in [1.82, 2.24) is 15.5 Å². The summed E-state index contributed by atoms with van der Waals surface area (Å²) >= 11 is 0. The van der Waals surface area contributed by atoms with Crippen LogP contribution in [-0.2, 0) is 11.3 Å². The molecule has 0 saturated carbocycles. The summed E-state index contributed by atoms with van der Waals surface area (Å²) in [5.74, 6) is 1.72. The molecule has 0 spiro atoms. The van der Waals surface area contributed by atoms with Gasteiger partial charge in [0.25, 0.3) is 0 Å². The van der Waals surface area contributed by atoms with E-state index in [1.54, 1.807) is 7.11 Å². The first-order valence-electron chi connectivity index (χ1n) is 10.9. The molecule has 3 rings (SSSR count). The van der Waals surface area contributed by atoms with Crippen LogP contribution in [0.4, 0.5) is 5.69 Å². The monoisotopic (exact) mass is 423 g/mol. The number of benzene rings is 2. The van der Waals surface area contributed by atoms with Crippen molar-refractivity contribution in [3.8, 4) is 5.75 Å². The van der Waals surface area contributed by atoms with Gasteiger partial charge < -0.3 is 25.2 Å². The van der Waals surface area contributed by atoms with Gasteiger partial charge in [0.2, 0.25) is 5.91 Å². The van der Waals surface area contributed by atoms with Gasteiger partial charge in [0.05, 0.1) is 13.7 Å². The van der Waals surface area contributed by atoms with Crippen molar-refractivity contribution in [2.24, 2.45) is 4.99 Å². The van der Waals surface area contributed by atoms with E-state index in [0.29, 0.717) is 25.5 Å². The van der Waals surface area contributed by atoms with E-state index < -0.39 is 0 Å². The molecule has 2 aromatic carbocycles. The van der Waals surface area contributed by atoms with Crippen LogP contribution in [0.2, 0.25) is 0 Å². The summed E-state index contributed by atoms with van der Waals surface area (Å²) in [4.78, 5) is 21.5. The molecule has 1 amide bonds. The van der Waals surface area contributed by atoms with Crippen LogP contribution in [0.5, 0.6) is 5.75 Å². The normalized spacial score (nSPS) is 14.3. The van der Waals surface area contributed by atoms with Crippen LogP contribution in [-0.4, -0.2) is 63.1 Å². The van der Waals surface area contributed by atoms with Crippen LogP contribution in [0.3, 0.4) is 0 Å². The Labute approximate surface area is 185 Å². The first-order valence-corrected chi connectivity index (χ1v) is 10.9. The molecule has 31 heavy (non-hydrogen) atoms. The summed E-state index contributed by atoms with van der Waals surface area (Å²) in [7, 11) is 1.66. The molecular formula is C24H33N5O2. The van der Waals surface area contributed by atoms with E-state index in [9.17, 15) is 4.79 Å². The van der Waals surface area contributed by atoms with Gasteiger partial charge in [-0.15, -0.1) is 0 Å². The lowest BCUT2D eigenvalue weighted by Gasteiger charge is -2.36. The van der Waals surface area contributed by atoms with Gasteiger partial charge in [0.15, 0.2) is 5.96 Å². The van der Waals surface area contributed by atoms with Crippen LogP contribution in [0.25, 0.3) is 0 Å². The molecule has 1 saturated heterocycles. The molecule has 1 heterocycles. The van der Waals surface area contributed by atoms with Crippen molar-refractivity contribution in [2.75, 3.05) is 51.3 Å². The number of nitrogens with zero attached hydrogens (tertiary/aromatic N) is 3. The summed E-state index contributed by atoms with van der Waals surface area (Å²) < 4.78 is 5.26. The zero-order valence-electron chi connectivity index (χ0n) is 18.5. The predicted octanol–water partition coefficient (Wildman–Crippen LogP) is 2.49. The third-order valence-electron chi connectivity index (χ3n) is 5.28. The molecule has 1 aliphatic heterocycles. The first kappa shape index (κ1) is 22.5. The number of carbonyl (C=O) groups is 1. The van der Waals surface area contributed by atoms with E-state index in [-0.39, 0.29) is 5.91 Å². The highest BCUT2D eigenvalue weighted by Crippen LogP contribution is 2.16. The average Bonchev–Trinajstić information content (AvgIpc) is 2.83. The first-order chi connectivity index (χ1) is 15.2. The molecule has 0 radical (unpaired) electrons. The van der Waals surface area contributed by atoms with Crippen molar-refractivity contribution in [2.45, 2.75) is 19.9 Å². The molecule has 166 valence electrons. The molecule has 7 heteroatoms. The van der Waals surface area contributed by atoms with E-state index in [1.165, 1.54) is 5.69 Å². The molecular weight excluding hydrogens is 390 g/mol. The van der Waals surface area contributed by atoms with Crippen LogP contribution >= 0.6 is 0 Å². The lowest BCUT2D eigenvalue weighted by molar-refractivity contribution is -0.131. The maximum atomic E-state index is 12.6. The van der Waals surface area contributed by atoms with E-state index in [4.69, 9.17) is 4.74 Å². The Morgan fingerprint density at radius 3 is 2.52 bits per heavy atom. The quantitative estimate of drug-likeness (QED) is 0.504. The van der Waals surface area contributed by atoms with Gasteiger partial charge in [0, 0.05) is 51.4 Å². The van der Waals surface area contributed by atoms with E-state index in [0.717, 1.165) is 44.0 Å². The largest absolute Gasteiger partial charge is 0.497 e. The molecule has 0 unspecified atom stereocenters. The zero-order valence-corrected chi connectivity index (χ0v) is 18.5. The van der Waals surface area contributed by atoms with Crippen LogP contribution in [0.1, 0.15) is 18.9 Å². The third-order valence-corrected chi connectivity index (χ3v) is 5.28. The summed E-state index contributed by atoms with van der Waals surface area (Å²) in [6.45, 7) is 7.15. The number of anilines is 1. The number of carbonyl (C=O) groups excluding carboxylic acids is 1. The minimum atomic E-state index is 0.184. The summed E-state index contributed by atoms with van der Waals surface area (Å²) in [6, 6.07) is 18.2. The lowest BCUT2D eigenvalue weighted by atomic mass is 10.2. The standard InChI is InChI=1S/C24H33N5O2/c1-3-25-24(27-19-20-8-7-11-22(18-20)31-2)26-13-12-23(30)29-16-14-28(15-17-29)21-9-5-4-6-10-21/h4-11,18H,3,12-17,19H2,1-2H3,(H2,25,26,27). The molecule has 0 bridgehead atoms. The second-order valence-corrected chi connectivity index (χ2v) is 7.43. The van der Waals surface area contributed by atoms with Gasteiger partial charge in [-0.2, -0.15) is 0 Å². The average molecular weight is 424 g/mol. The number of methoxy groups -OCH3 is 1. The molecule has 1 fully saturated rings. The fraction of sp³-hybridized carbons (Fsp3) is 0.417. The van der Waals surface area contributed by atoms with Gasteiger partial charge in [-0.05, 0) is 36.8 Å². The summed E-state index contributed by atoms with van der Waals surface area (Å²) in [5.41, 5.74) is 2.29. The van der Waals surface area contributed by atoms with E-state index in [1.807, 2.05) is 42.2 Å². The highest BCUT2D eigenvalue weighted by Gasteiger charge is 2.20. The van der Waals surface area contributed by atoms with Gasteiger partial charge in [-0.25, -0.2) is 4.99 Å². The van der Waals surface area contributed by atoms with E-state index >= 15 is 0 Å². The highest BCUT2D eigenvalue weighted by atomic mass is 16.5. The van der Waals surface area contributed by atoms with Crippen molar-refractivity contribution in [3.63, 3.8) is 0 Å². The minimum Gasteiger partial charge on any atom is -0.497 e. The van der Waals surface area contributed by atoms with E-state index in [2.05, 4.69) is 44.8 Å². The molecule has 0 aliphatic carbocycles. The third kappa shape index (κ3) is 6.91. The van der Waals surface area contributed by atoms with Crippen LogP contribution in [0, 0.1) is 0 Å². The zero-order chi connectivity index (χ0) is 21.9. The Morgan fingerprint density at radius 2 is 1.81 bits per heavy atom. The fourth-order valence-electron chi connectivity index (χ4n) is 3.58. The van der Waals surface area contributed by atoms with Crippen molar-refractivity contribution >= 4 is 17.6 Å². The van der Waals surface area contributed by atoms with Crippen molar-refractivity contribution in [1.29, 1.82) is 0 Å². The predicted molar refractivity (Wildman–Crippen MR) is 126 cm³/mol. The Kier molecular flexibility index (Phi) is 8.58. The van der Waals surface area contributed by atoms with Crippen molar-refractivity contribution in [3.05, 3.63) is 60.2 Å². The summed E-state index contributed by atoms with van der Waals surface area (Å²) in [5, 5.41) is 6.51. The van der Waals surface area contributed by atoms with Gasteiger partial charge in [-0.1, -0.05) is 30.3 Å². The summed E-state index contributed by atoms with van der Waals surface area (Å²) in [6.07, 6.45) is 0.453. The second-order valence-electron chi connectivity index (χ2n) is 7.43. The van der Waals surface area contributed by atoms with Gasteiger partial charge in [0.1, 0.15) is 5.75 Å². The highest BCUT2D eigenvalue weighted by molar-refractivity contribution is 5.81. The Bertz CT molecular complexity index is 848. The number of hydrogen-bond acceptors (Lipinski definition) is 4. The SMILES string of the molecule is CCNC(=NCc1cccc(OC)c1)NCCC(=O)N1CCN(c2ccccc2)CC1. The molecule has 2 N–H and O–H groups in total. The maximum Gasteiger partial charge on any atom is 0.224 e. The van der Waals surface area contributed by atoms with Crippen LogP contribution < -0.4 is 20.3 Å². The Hall–Kier alpha value is -3.22. The number of guanidine groups is 1. The number of piperazine rings is 1. The number of rotatable bonds is 8. The molecule has 0 aromatic heterocycles. The van der Waals surface area contributed by atoms with Crippen molar-refractivity contribution < 1.29 is 9.53 Å². The maximum absolute atomic E-state index is 12.6. The molecule has 0 atom stereocenters. The van der Waals surface area contributed by atoms with Gasteiger partial charge in [-0.3, -0.25) is 4.79 Å². The molecule has 7 nitrogen and oxygen atoms in total. The topological polar surface area (TPSA) is 69.2 Å². The lowest BCUT2D eigenvalue weighted by Crippen LogP contribution is -2.49. The number of hydrogen-bond donors (Lipinski definition) is 2. The fourth-order valence-corrected chi connectivity index (χ4v) is 3.58. The number of para-hydroxylation sites is 1. The molecule has 1 aliphatic rings. The minimum absolute atomic E-state index is 0.184.